The quantitative estimate of drug-likeness (QED) is 0.912. The summed E-state index contributed by atoms with van der Waals surface area (Å²) < 4.78 is 6.03. The van der Waals surface area contributed by atoms with Gasteiger partial charge in [0.05, 0.1) is 17.3 Å². The number of aromatic nitrogens is 2. The van der Waals surface area contributed by atoms with Crippen molar-refractivity contribution >= 4 is 33.4 Å². The minimum absolute atomic E-state index is 0.215. The minimum atomic E-state index is 0.215. The van der Waals surface area contributed by atoms with Crippen molar-refractivity contribution in [2.75, 3.05) is 18.2 Å². The normalized spacial score (nSPS) is 10.2. The molecule has 0 saturated carbocycles. The summed E-state index contributed by atoms with van der Waals surface area (Å²) in [4.78, 5) is 8.02. The summed E-state index contributed by atoms with van der Waals surface area (Å²) in [6.07, 6.45) is 1.60. The number of benzene rings is 1. The first-order valence-corrected chi connectivity index (χ1v) is 6.09. The standard InChI is InChI=1S/C12H13BrN4O/c1-7-3-4-10(18-2)9(5-7)16-11-8(13)6-15-12(14)17-11/h3-6H,1-2H3,(H3,14,15,16,17). The molecule has 1 heterocycles. The molecule has 6 heteroatoms. The Morgan fingerprint density at radius 1 is 1.39 bits per heavy atom. The van der Waals surface area contributed by atoms with Crippen molar-refractivity contribution in [3.63, 3.8) is 0 Å². The first-order valence-electron chi connectivity index (χ1n) is 5.30. The number of rotatable bonds is 3. The monoisotopic (exact) mass is 308 g/mol. The number of nitrogens with two attached hydrogens (primary N) is 1. The molecule has 0 saturated heterocycles. The maximum Gasteiger partial charge on any atom is 0.222 e. The molecule has 0 aliphatic rings. The van der Waals surface area contributed by atoms with Gasteiger partial charge in [-0.15, -0.1) is 0 Å². The molecule has 0 spiro atoms. The molecule has 0 unspecified atom stereocenters. The smallest absolute Gasteiger partial charge is 0.222 e. The van der Waals surface area contributed by atoms with Crippen LogP contribution in [0.3, 0.4) is 0 Å². The summed E-state index contributed by atoms with van der Waals surface area (Å²) in [5, 5.41) is 3.17. The Kier molecular flexibility index (Phi) is 3.66. The van der Waals surface area contributed by atoms with Gasteiger partial charge < -0.3 is 15.8 Å². The number of hydrogen-bond donors (Lipinski definition) is 2. The predicted molar refractivity (Wildman–Crippen MR) is 75.2 cm³/mol. The van der Waals surface area contributed by atoms with Crippen molar-refractivity contribution in [2.24, 2.45) is 0 Å². The van der Waals surface area contributed by atoms with Crippen LogP contribution in [0.2, 0.25) is 0 Å². The predicted octanol–water partition coefficient (Wildman–Crippen LogP) is 2.88. The summed E-state index contributed by atoms with van der Waals surface area (Å²) in [5.74, 6) is 1.56. The third-order valence-electron chi connectivity index (χ3n) is 2.37. The third kappa shape index (κ3) is 2.70. The average Bonchev–Trinajstić information content (AvgIpc) is 2.34. The fourth-order valence-corrected chi connectivity index (χ4v) is 1.81. The second kappa shape index (κ2) is 5.22. The number of hydrogen-bond acceptors (Lipinski definition) is 5. The number of aryl methyl sites for hydroxylation is 1. The van der Waals surface area contributed by atoms with E-state index in [1.54, 1.807) is 13.3 Å². The molecule has 0 radical (unpaired) electrons. The Labute approximate surface area is 114 Å². The fraction of sp³-hybridized carbons (Fsp3) is 0.167. The first-order chi connectivity index (χ1) is 8.60. The Morgan fingerprint density at radius 2 is 2.17 bits per heavy atom. The van der Waals surface area contributed by atoms with Crippen LogP contribution < -0.4 is 15.8 Å². The zero-order chi connectivity index (χ0) is 13.1. The van der Waals surface area contributed by atoms with Gasteiger partial charge in [-0.2, -0.15) is 4.98 Å². The molecule has 0 amide bonds. The summed E-state index contributed by atoms with van der Waals surface area (Å²) in [7, 11) is 1.62. The van der Waals surface area contributed by atoms with Crippen molar-refractivity contribution in [1.82, 2.24) is 9.97 Å². The van der Waals surface area contributed by atoms with Crippen LogP contribution in [0.5, 0.6) is 5.75 Å². The van der Waals surface area contributed by atoms with Crippen molar-refractivity contribution in [3.8, 4) is 5.75 Å². The van der Waals surface area contributed by atoms with E-state index in [2.05, 4.69) is 31.2 Å². The largest absolute Gasteiger partial charge is 0.495 e. The number of ether oxygens (including phenoxy) is 1. The van der Waals surface area contributed by atoms with Gasteiger partial charge in [-0.25, -0.2) is 4.98 Å². The van der Waals surface area contributed by atoms with Gasteiger partial charge in [0.2, 0.25) is 5.95 Å². The lowest BCUT2D eigenvalue weighted by molar-refractivity contribution is 0.416. The van der Waals surface area contributed by atoms with Crippen LogP contribution in [-0.4, -0.2) is 17.1 Å². The van der Waals surface area contributed by atoms with Crippen LogP contribution in [0.25, 0.3) is 0 Å². The lowest BCUT2D eigenvalue weighted by atomic mass is 10.2. The average molecular weight is 309 g/mol. The van der Waals surface area contributed by atoms with E-state index in [4.69, 9.17) is 10.5 Å². The zero-order valence-corrected chi connectivity index (χ0v) is 11.7. The third-order valence-corrected chi connectivity index (χ3v) is 2.95. The molecule has 0 bridgehead atoms. The van der Waals surface area contributed by atoms with E-state index in [9.17, 15) is 0 Å². The van der Waals surface area contributed by atoms with Crippen LogP contribution in [-0.2, 0) is 0 Å². The van der Waals surface area contributed by atoms with Gasteiger partial charge in [-0.05, 0) is 40.5 Å². The van der Waals surface area contributed by atoms with E-state index >= 15 is 0 Å². The fourth-order valence-electron chi connectivity index (χ4n) is 1.52. The van der Waals surface area contributed by atoms with E-state index in [1.807, 2.05) is 25.1 Å². The SMILES string of the molecule is COc1ccc(C)cc1Nc1nc(N)ncc1Br. The summed E-state index contributed by atoms with van der Waals surface area (Å²) >= 11 is 3.37. The van der Waals surface area contributed by atoms with Crippen LogP contribution in [0.1, 0.15) is 5.56 Å². The van der Waals surface area contributed by atoms with E-state index in [0.29, 0.717) is 5.82 Å². The minimum Gasteiger partial charge on any atom is -0.495 e. The van der Waals surface area contributed by atoms with Gasteiger partial charge in [0.1, 0.15) is 11.6 Å². The molecule has 5 nitrogen and oxygen atoms in total. The zero-order valence-electron chi connectivity index (χ0n) is 10.1. The van der Waals surface area contributed by atoms with E-state index in [-0.39, 0.29) is 5.95 Å². The Morgan fingerprint density at radius 3 is 2.89 bits per heavy atom. The molecule has 2 rings (SSSR count). The van der Waals surface area contributed by atoms with Crippen LogP contribution in [0, 0.1) is 6.92 Å². The van der Waals surface area contributed by atoms with E-state index in [1.165, 1.54) is 0 Å². The number of nitrogen functional groups attached to an aromatic ring is 1. The number of halogens is 1. The van der Waals surface area contributed by atoms with Crippen molar-refractivity contribution < 1.29 is 4.74 Å². The number of nitrogens with one attached hydrogen (secondary N) is 1. The van der Waals surface area contributed by atoms with Gasteiger partial charge in [0.25, 0.3) is 0 Å². The lowest BCUT2D eigenvalue weighted by Gasteiger charge is -2.12. The van der Waals surface area contributed by atoms with E-state index in [0.717, 1.165) is 21.5 Å². The topological polar surface area (TPSA) is 73.1 Å². The second-order valence-corrected chi connectivity index (χ2v) is 4.61. The Bertz CT molecular complexity index is 574. The first kappa shape index (κ1) is 12.6. The maximum atomic E-state index is 5.57. The van der Waals surface area contributed by atoms with Crippen molar-refractivity contribution in [3.05, 3.63) is 34.4 Å². The van der Waals surface area contributed by atoms with Gasteiger partial charge in [-0.1, -0.05) is 6.07 Å². The molecule has 0 aliphatic heterocycles. The van der Waals surface area contributed by atoms with Crippen LogP contribution in [0.15, 0.2) is 28.9 Å². The molecular formula is C12H13BrN4O. The Hall–Kier alpha value is -1.82. The highest BCUT2D eigenvalue weighted by Crippen LogP contribution is 2.30. The molecule has 3 N–H and O–H groups in total. The highest BCUT2D eigenvalue weighted by Gasteiger charge is 2.08. The van der Waals surface area contributed by atoms with E-state index < -0.39 is 0 Å². The summed E-state index contributed by atoms with van der Waals surface area (Å²) in [6, 6.07) is 5.85. The molecule has 94 valence electrons. The maximum absolute atomic E-state index is 5.57. The summed E-state index contributed by atoms with van der Waals surface area (Å²) in [5.41, 5.74) is 7.52. The molecule has 0 atom stereocenters. The highest BCUT2D eigenvalue weighted by atomic mass is 79.9. The molecule has 0 aliphatic carbocycles. The molecule has 1 aromatic carbocycles. The van der Waals surface area contributed by atoms with Crippen molar-refractivity contribution in [1.29, 1.82) is 0 Å². The number of nitrogens with zero attached hydrogens (tertiary/aromatic N) is 2. The molecule has 1 aromatic heterocycles. The molecular weight excluding hydrogens is 296 g/mol. The van der Waals surface area contributed by atoms with Gasteiger partial charge in [0, 0.05) is 6.20 Å². The lowest BCUT2D eigenvalue weighted by Crippen LogP contribution is -2.02. The molecule has 2 aromatic rings. The second-order valence-electron chi connectivity index (χ2n) is 3.75. The van der Waals surface area contributed by atoms with Gasteiger partial charge in [-0.3, -0.25) is 0 Å². The summed E-state index contributed by atoms with van der Waals surface area (Å²) in [6.45, 7) is 2.01. The Balaban J connectivity index is 2.38. The van der Waals surface area contributed by atoms with Crippen LogP contribution in [0.4, 0.5) is 17.5 Å². The van der Waals surface area contributed by atoms with Gasteiger partial charge >= 0.3 is 0 Å². The molecule has 18 heavy (non-hydrogen) atoms. The number of anilines is 3. The van der Waals surface area contributed by atoms with Gasteiger partial charge in [0.15, 0.2) is 0 Å². The number of methoxy groups -OCH3 is 1. The highest BCUT2D eigenvalue weighted by molar-refractivity contribution is 9.10. The van der Waals surface area contributed by atoms with Crippen molar-refractivity contribution in [2.45, 2.75) is 6.92 Å². The molecule has 0 fully saturated rings. The van der Waals surface area contributed by atoms with Crippen LogP contribution >= 0.6 is 15.9 Å².